The molecule has 0 saturated carbocycles. The Morgan fingerprint density at radius 3 is 2.24 bits per heavy atom. The van der Waals surface area contributed by atoms with Gasteiger partial charge >= 0.3 is 0 Å². The van der Waals surface area contributed by atoms with Crippen LogP contribution in [0.1, 0.15) is 38.5 Å². The number of rotatable bonds is 4. The van der Waals surface area contributed by atoms with Crippen LogP contribution < -0.4 is 20.4 Å². The van der Waals surface area contributed by atoms with E-state index in [9.17, 15) is 14.4 Å². The lowest BCUT2D eigenvalue weighted by Crippen LogP contribution is -3.27. The molecule has 0 unspecified atom stereocenters. The fourth-order valence-corrected chi connectivity index (χ4v) is 5.52. The highest BCUT2D eigenvalue weighted by molar-refractivity contribution is 6.30. The average Bonchev–Trinajstić information content (AvgIpc) is 3.03. The molecule has 1 aromatic carbocycles. The van der Waals surface area contributed by atoms with Gasteiger partial charge in [-0.15, -0.1) is 0 Å². The van der Waals surface area contributed by atoms with Gasteiger partial charge in [0.15, 0.2) is 11.6 Å². The Hall–Kier alpha value is -1.96. The number of benzene rings is 1. The predicted octanol–water partition coefficient (Wildman–Crippen LogP) is -1.06. The van der Waals surface area contributed by atoms with Gasteiger partial charge in [-0.1, -0.05) is 11.6 Å². The largest absolute Gasteiger partial charge is 0.364 e. The van der Waals surface area contributed by atoms with Gasteiger partial charge in [0.2, 0.25) is 5.91 Å². The molecule has 1 aromatic rings. The van der Waals surface area contributed by atoms with E-state index in [2.05, 4.69) is 0 Å². The van der Waals surface area contributed by atoms with Crippen molar-refractivity contribution in [2.45, 2.75) is 50.1 Å². The summed E-state index contributed by atoms with van der Waals surface area (Å²) in [5.41, 5.74) is 5.92. The van der Waals surface area contributed by atoms with Crippen LogP contribution in [0.3, 0.4) is 0 Å². The molecule has 7 nitrogen and oxygen atoms in total. The van der Waals surface area contributed by atoms with Crippen molar-refractivity contribution < 1.29 is 24.2 Å². The Kier molecular flexibility index (Phi) is 5.64. The second-order valence-corrected chi connectivity index (χ2v) is 9.01. The van der Waals surface area contributed by atoms with E-state index in [4.69, 9.17) is 17.3 Å². The lowest BCUT2D eigenvalue weighted by Gasteiger charge is -2.44. The SMILES string of the molecule is NC(=O)C1([NH+]2CCCCC2)CC[NH+]([C@H]2CC(=O)N(c3ccc(Cl)cc3)C2=O)CC1. The van der Waals surface area contributed by atoms with Crippen molar-refractivity contribution in [1.29, 1.82) is 0 Å². The van der Waals surface area contributed by atoms with Gasteiger partial charge in [0, 0.05) is 5.02 Å². The van der Waals surface area contributed by atoms with E-state index < -0.39 is 5.54 Å². The third-order valence-corrected chi connectivity index (χ3v) is 7.33. The Balaban J connectivity index is 1.47. The number of carbonyl (C=O) groups is 3. The van der Waals surface area contributed by atoms with Crippen LogP contribution in [-0.2, 0) is 14.4 Å². The van der Waals surface area contributed by atoms with Gasteiger partial charge < -0.3 is 15.5 Å². The highest BCUT2D eigenvalue weighted by Gasteiger charge is 2.54. The number of hydrogen-bond donors (Lipinski definition) is 3. The molecule has 3 aliphatic heterocycles. The van der Waals surface area contributed by atoms with Crippen LogP contribution in [-0.4, -0.2) is 55.5 Å². The topological polar surface area (TPSA) is 89.3 Å². The first-order chi connectivity index (χ1) is 13.9. The van der Waals surface area contributed by atoms with E-state index in [-0.39, 0.29) is 30.2 Å². The molecule has 0 spiro atoms. The van der Waals surface area contributed by atoms with Gasteiger partial charge in [-0.3, -0.25) is 14.4 Å². The third-order valence-electron chi connectivity index (χ3n) is 7.08. The molecule has 4 rings (SSSR count). The van der Waals surface area contributed by atoms with E-state index in [1.165, 1.54) is 16.2 Å². The van der Waals surface area contributed by atoms with E-state index in [0.717, 1.165) is 30.8 Å². The first kappa shape index (κ1) is 20.3. The Morgan fingerprint density at radius 1 is 1.03 bits per heavy atom. The van der Waals surface area contributed by atoms with E-state index in [1.54, 1.807) is 24.3 Å². The summed E-state index contributed by atoms with van der Waals surface area (Å²) in [7, 11) is 0. The van der Waals surface area contributed by atoms with Crippen LogP contribution in [0, 0.1) is 0 Å². The number of hydrogen-bond acceptors (Lipinski definition) is 3. The molecule has 3 fully saturated rings. The smallest absolute Gasteiger partial charge is 0.292 e. The van der Waals surface area contributed by atoms with Gasteiger partial charge in [-0.25, -0.2) is 4.90 Å². The van der Waals surface area contributed by atoms with Gasteiger partial charge in [0.25, 0.3) is 11.8 Å². The molecule has 0 bridgehead atoms. The molecule has 8 heteroatoms. The molecule has 4 N–H and O–H groups in total. The number of piperidine rings is 2. The zero-order valence-corrected chi connectivity index (χ0v) is 17.3. The van der Waals surface area contributed by atoms with Crippen LogP contribution in [0.2, 0.25) is 5.02 Å². The molecule has 29 heavy (non-hydrogen) atoms. The van der Waals surface area contributed by atoms with Gasteiger partial charge in [0.05, 0.1) is 51.1 Å². The molecular formula is C21H29ClN4O3+2. The van der Waals surface area contributed by atoms with Crippen molar-refractivity contribution >= 4 is 35.0 Å². The zero-order valence-electron chi connectivity index (χ0n) is 16.6. The van der Waals surface area contributed by atoms with Crippen molar-refractivity contribution in [2.24, 2.45) is 5.73 Å². The molecule has 0 aliphatic carbocycles. The Bertz CT molecular complexity index is 799. The maximum absolute atomic E-state index is 13.1. The molecule has 3 saturated heterocycles. The summed E-state index contributed by atoms with van der Waals surface area (Å²) in [5.74, 6) is -0.558. The first-order valence-corrected chi connectivity index (χ1v) is 10.9. The molecule has 0 aromatic heterocycles. The number of anilines is 1. The Labute approximate surface area is 175 Å². The van der Waals surface area contributed by atoms with Gasteiger partial charge in [-0.2, -0.15) is 0 Å². The number of nitrogens with one attached hydrogen (secondary N) is 2. The lowest BCUT2D eigenvalue weighted by molar-refractivity contribution is -0.978. The van der Waals surface area contributed by atoms with Crippen LogP contribution in [0.15, 0.2) is 24.3 Å². The minimum absolute atomic E-state index is 0.163. The minimum Gasteiger partial charge on any atom is -0.364 e. The Morgan fingerprint density at radius 2 is 1.66 bits per heavy atom. The van der Waals surface area contributed by atoms with Crippen molar-refractivity contribution in [1.82, 2.24) is 0 Å². The number of nitrogens with zero attached hydrogens (tertiary/aromatic N) is 1. The number of amides is 3. The summed E-state index contributed by atoms with van der Waals surface area (Å²) in [6, 6.07) is 6.37. The molecule has 3 amide bonds. The zero-order chi connectivity index (χ0) is 20.6. The fourth-order valence-electron chi connectivity index (χ4n) is 5.39. The monoisotopic (exact) mass is 420 g/mol. The number of imide groups is 1. The normalized spacial score (nSPS) is 31.3. The second-order valence-electron chi connectivity index (χ2n) is 8.57. The summed E-state index contributed by atoms with van der Waals surface area (Å²) < 4.78 is 0. The standard InChI is InChI=1S/C21H27ClN4O3/c22-15-4-6-16(7-5-15)26-18(27)14-17(19(26)28)24-12-8-21(9-13-24,20(23)29)25-10-2-1-3-11-25/h4-7,17H,1-3,8-14H2,(H2,23,29)/p+2/t17-/m0/s1. The number of likely N-dealkylation sites (tertiary alicyclic amines) is 2. The maximum atomic E-state index is 13.1. The van der Waals surface area contributed by atoms with Crippen LogP contribution in [0.25, 0.3) is 0 Å². The summed E-state index contributed by atoms with van der Waals surface area (Å²) in [6.45, 7) is 3.35. The summed E-state index contributed by atoms with van der Waals surface area (Å²) in [6.07, 6.45) is 5.03. The average molecular weight is 421 g/mol. The number of quaternary nitrogens is 2. The van der Waals surface area contributed by atoms with Crippen LogP contribution in [0.5, 0.6) is 0 Å². The molecule has 1 atom stereocenters. The quantitative estimate of drug-likeness (QED) is 0.543. The molecule has 3 heterocycles. The molecule has 156 valence electrons. The number of nitrogens with two attached hydrogens (primary N) is 1. The summed E-state index contributed by atoms with van der Waals surface area (Å²) >= 11 is 5.93. The number of primary amides is 1. The highest BCUT2D eigenvalue weighted by atomic mass is 35.5. The lowest BCUT2D eigenvalue weighted by atomic mass is 9.83. The van der Waals surface area contributed by atoms with Gasteiger partial charge in [-0.05, 0) is 43.5 Å². The van der Waals surface area contributed by atoms with E-state index in [0.29, 0.717) is 36.6 Å². The van der Waals surface area contributed by atoms with Crippen LogP contribution >= 0.6 is 11.6 Å². The minimum atomic E-state index is -0.522. The summed E-state index contributed by atoms with van der Waals surface area (Å²) in [4.78, 5) is 41.8. The molecule has 0 radical (unpaired) electrons. The second kappa shape index (κ2) is 8.05. The predicted molar refractivity (Wildman–Crippen MR) is 109 cm³/mol. The van der Waals surface area contributed by atoms with E-state index >= 15 is 0 Å². The maximum Gasteiger partial charge on any atom is 0.292 e. The fraction of sp³-hybridized carbons (Fsp3) is 0.571. The number of halogens is 1. The summed E-state index contributed by atoms with van der Waals surface area (Å²) in [5, 5.41) is 0.564. The van der Waals surface area contributed by atoms with E-state index in [1.807, 2.05) is 0 Å². The van der Waals surface area contributed by atoms with Crippen molar-refractivity contribution in [3.05, 3.63) is 29.3 Å². The van der Waals surface area contributed by atoms with Crippen molar-refractivity contribution in [2.75, 3.05) is 31.1 Å². The van der Waals surface area contributed by atoms with Crippen molar-refractivity contribution in [3.63, 3.8) is 0 Å². The van der Waals surface area contributed by atoms with Crippen molar-refractivity contribution in [3.8, 4) is 0 Å². The highest BCUT2D eigenvalue weighted by Crippen LogP contribution is 2.24. The van der Waals surface area contributed by atoms with Crippen LogP contribution in [0.4, 0.5) is 5.69 Å². The first-order valence-electron chi connectivity index (χ1n) is 10.5. The van der Waals surface area contributed by atoms with Gasteiger partial charge in [0.1, 0.15) is 0 Å². The molecular weight excluding hydrogens is 392 g/mol. The number of carbonyl (C=O) groups excluding carboxylic acids is 3. The molecule has 3 aliphatic rings. The third kappa shape index (κ3) is 3.67.